The van der Waals surface area contributed by atoms with E-state index in [1.54, 1.807) is 6.07 Å². The number of carbonyl (C=O) groups excluding carboxylic acids is 4. The first-order valence-electron chi connectivity index (χ1n) is 11.0. The number of nitrogens with zero attached hydrogens (tertiary/aromatic N) is 1. The molecule has 1 aliphatic carbocycles. The van der Waals surface area contributed by atoms with E-state index in [9.17, 15) is 19.2 Å². The number of aryl methyl sites for hydroxylation is 1. The van der Waals surface area contributed by atoms with Gasteiger partial charge < -0.3 is 10.1 Å². The van der Waals surface area contributed by atoms with Crippen LogP contribution in [0.1, 0.15) is 34.3 Å². The van der Waals surface area contributed by atoms with Gasteiger partial charge >= 0.3 is 5.97 Å². The Morgan fingerprint density at radius 3 is 2.15 bits per heavy atom. The number of fused-ring (bicyclic) bond motifs is 1. The van der Waals surface area contributed by atoms with Gasteiger partial charge in [-0.1, -0.05) is 12.1 Å². The van der Waals surface area contributed by atoms with Gasteiger partial charge in [-0.2, -0.15) is 0 Å². The highest BCUT2D eigenvalue weighted by atomic mass is 35.5. The Morgan fingerprint density at radius 1 is 0.971 bits per heavy atom. The van der Waals surface area contributed by atoms with Crippen LogP contribution >= 0.6 is 23.2 Å². The van der Waals surface area contributed by atoms with Gasteiger partial charge in [0.05, 0.1) is 33.8 Å². The molecule has 1 heterocycles. The molecule has 7 nitrogen and oxygen atoms in total. The van der Waals surface area contributed by atoms with Crippen molar-refractivity contribution in [2.45, 2.75) is 37.4 Å². The van der Waals surface area contributed by atoms with Gasteiger partial charge in [0.2, 0.25) is 11.8 Å². The molecule has 1 saturated carbocycles. The van der Waals surface area contributed by atoms with Crippen LogP contribution in [-0.2, 0) is 19.1 Å². The van der Waals surface area contributed by atoms with Gasteiger partial charge in [-0.3, -0.25) is 19.3 Å². The number of alkyl halides is 2. The molecule has 2 aromatic carbocycles. The number of benzene rings is 2. The van der Waals surface area contributed by atoms with Gasteiger partial charge in [-0.05, 0) is 68.1 Å². The molecule has 1 N–H and O–H groups in total. The minimum Gasteiger partial charge on any atom is -0.452 e. The monoisotopic (exact) mass is 502 g/mol. The first-order valence-corrected chi connectivity index (χ1v) is 11.8. The summed E-state index contributed by atoms with van der Waals surface area (Å²) >= 11 is 12.4. The Bertz CT molecular complexity index is 1120. The predicted molar refractivity (Wildman–Crippen MR) is 129 cm³/mol. The number of esters is 1. The lowest BCUT2D eigenvalue weighted by molar-refractivity contribution is -0.122. The molecule has 0 bridgehead atoms. The molecular weight excluding hydrogens is 479 g/mol. The van der Waals surface area contributed by atoms with E-state index in [0.717, 1.165) is 16.0 Å². The van der Waals surface area contributed by atoms with Crippen LogP contribution in [0.4, 0.5) is 11.4 Å². The molecule has 4 rings (SSSR count). The number of nitrogens with one attached hydrogen (secondary N) is 1. The second-order valence-corrected chi connectivity index (χ2v) is 9.77. The quantitative estimate of drug-likeness (QED) is 0.375. The van der Waals surface area contributed by atoms with E-state index < -0.39 is 30.3 Å². The number of rotatable bonds is 5. The van der Waals surface area contributed by atoms with Crippen molar-refractivity contribution in [2.75, 3.05) is 16.8 Å². The summed E-state index contributed by atoms with van der Waals surface area (Å²) in [5.74, 6) is -2.71. The number of hydrogen-bond acceptors (Lipinski definition) is 5. The van der Waals surface area contributed by atoms with E-state index >= 15 is 0 Å². The molecule has 3 amide bonds. The predicted octanol–water partition coefficient (Wildman–Crippen LogP) is 4.21. The van der Waals surface area contributed by atoms with E-state index in [4.69, 9.17) is 27.9 Å². The Morgan fingerprint density at radius 2 is 1.56 bits per heavy atom. The zero-order chi connectivity index (χ0) is 24.6. The maximum Gasteiger partial charge on any atom is 0.338 e. The zero-order valence-electron chi connectivity index (χ0n) is 18.7. The van der Waals surface area contributed by atoms with Crippen molar-refractivity contribution in [1.29, 1.82) is 0 Å². The molecule has 0 unspecified atom stereocenters. The molecule has 9 heteroatoms. The van der Waals surface area contributed by atoms with E-state index in [0.29, 0.717) is 24.2 Å². The van der Waals surface area contributed by atoms with Gasteiger partial charge in [0, 0.05) is 5.69 Å². The largest absolute Gasteiger partial charge is 0.452 e. The van der Waals surface area contributed by atoms with Gasteiger partial charge in [0.15, 0.2) is 6.61 Å². The summed E-state index contributed by atoms with van der Waals surface area (Å²) in [7, 11) is 0. The number of hydrogen-bond donors (Lipinski definition) is 1. The summed E-state index contributed by atoms with van der Waals surface area (Å²) in [6, 6.07) is 11.5. The van der Waals surface area contributed by atoms with Crippen LogP contribution in [0.2, 0.25) is 0 Å². The third-order valence-corrected chi connectivity index (χ3v) is 7.58. The maximum absolute atomic E-state index is 12.9. The highest BCUT2D eigenvalue weighted by Crippen LogP contribution is 2.43. The van der Waals surface area contributed by atoms with Crippen LogP contribution in [0, 0.1) is 25.7 Å². The summed E-state index contributed by atoms with van der Waals surface area (Å²) in [5, 5.41) is 2.01. The smallest absolute Gasteiger partial charge is 0.338 e. The first kappa shape index (κ1) is 24.2. The lowest BCUT2D eigenvalue weighted by atomic mass is 9.80. The van der Waals surface area contributed by atoms with E-state index in [1.165, 1.54) is 24.3 Å². The highest BCUT2D eigenvalue weighted by molar-refractivity contribution is 6.31. The van der Waals surface area contributed by atoms with Crippen LogP contribution in [0.25, 0.3) is 0 Å². The van der Waals surface area contributed by atoms with Gasteiger partial charge in [-0.25, -0.2) is 4.79 Å². The highest BCUT2D eigenvalue weighted by Gasteiger charge is 2.52. The second kappa shape index (κ2) is 9.76. The standard InChI is InChI=1S/C25H24Cl2N2O5/c1-13-4-3-5-21(14(13)2)28-22(30)12-34-25(33)15-6-8-16(9-7-15)29-23(31)17-10-19(26)20(27)11-18(17)24(29)32/h3-9,17-20H,10-12H2,1-2H3,(H,28,30)/t17-,18+,19-,20-/m0/s1. The molecule has 2 aromatic rings. The summed E-state index contributed by atoms with van der Waals surface area (Å²) < 4.78 is 5.11. The van der Waals surface area contributed by atoms with Crippen molar-refractivity contribution in [2.24, 2.45) is 11.8 Å². The maximum atomic E-state index is 12.9. The lowest BCUT2D eigenvalue weighted by Crippen LogP contribution is -2.34. The van der Waals surface area contributed by atoms with Crippen molar-refractivity contribution < 1.29 is 23.9 Å². The summed E-state index contributed by atoms with van der Waals surface area (Å²) in [6.07, 6.45) is 0.714. The molecule has 1 saturated heterocycles. The minimum atomic E-state index is -0.689. The number of ether oxygens (including phenoxy) is 1. The Balaban J connectivity index is 1.37. The molecular formula is C25H24Cl2N2O5. The van der Waals surface area contributed by atoms with E-state index in [1.807, 2.05) is 26.0 Å². The molecule has 2 aliphatic rings. The van der Waals surface area contributed by atoms with Crippen LogP contribution in [0.5, 0.6) is 0 Å². The average molecular weight is 503 g/mol. The van der Waals surface area contributed by atoms with Crippen LogP contribution in [0.15, 0.2) is 42.5 Å². The summed E-state index contributed by atoms with van der Waals surface area (Å²) in [6.45, 7) is 3.39. The summed E-state index contributed by atoms with van der Waals surface area (Å²) in [5.41, 5.74) is 3.19. The normalized spacial score (nSPS) is 24.1. The average Bonchev–Trinajstić information content (AvgIpc) is 3.05. The van der Waals surface area contributed by atoms with E-state index in [2.05, 4.69) is 5.32 Å². The van der Waals surface area contributed by atoms with Gasteiger partial charge in [0.1, 0.15) is 0 Å². The second-order valence-electron chi connectivity index (χ2n) is 8.65. The number of anilines is 2. The number of carbonyl (C=O) groups is 4. The topological polar surface area (TPSA) is 92.8 Å². The SMILES string of the molecule is Cc1cccc(NC(=O)COC(=O)c2ccc(N3C(=O)[C@H]4C[C@H](Cl)[C@@H](Cl)C[C@H]4C3=O)cc2)c1C. The number of halogens is 2. The van der Waals surface area contributed by atoms with E-state index in [-0.39, 0.29) is 28.1 Å². The third kappa shape index (κ3) is 4.68. The molecule has 34 heavy (non-hydrogen) atoms. The molecule has 178 valence electrons. The van der Waals surface area contributed by atoms with Crippen LogP contribution in [0.3, 0.4) is 0 Å². The first-order chi connectivity index (χ1) is 16.2. The Hall–Kier alpha value is -2.90. The zero-order valence-corrected chi connectivity index (χ0v) is 20.2. The minimum absolute atomic E-state index is 0.196. The van der Waals surface area contributed by atoms with Gasteiger partial charge in [0.25, 0.3) is 5.91 Å². The Labute approximate surface area is 207 Å². The van der Waals surface area contributed by atoms with Crippen molar-refractivity contribution in [1.82, 2.24) is 0 Å². The molecule has 0 aromatic heterocycles. The van der Waals surface area contributed by atoms with Crippen LogP contribution < -0.4 is 10.2 Å². The van der Waals surface area contributed by atoms with Crippen LogP contribution in [-0.4, -0.2) is 41.1 Å². The fourth-order valence-electron chi connectivity index (χ4n) is 4.38. The lowest BCUT2D eigenvalue weighted by Gasteiger charge is -2.28. The Kier molecular flexibility index (Phi) is 6.96. The molecule has 4 atom stereocenters. The molecule has 2 fully saturated rings. The van der Waals surface area contributed by atoms with Crippen molar-refractivity contribution in [3.8, 4) is 0 Å². The fraction of sp³-hybridized carbons (Fsp3) is 0.360. The molecule has 0 radical (unpaired) electrons. The van der Waals surface area contributed by atoms with Gasteiger partial charge in [-0.15, -0.1) is 23.2 Å². The van der Waals surface area contributed by atoms with Crippen molar-refractivity contribution >= 4 is 58.3 Å². The van der Waals surface area contributed by atoms with Crippen molar-refractivity contribution in [3.63, 3.8) is 0 Å². The fourth-order valence-corrected chi connectivity index (χ4v) is 4.97. The van der Waals surface area contributed by atoms with Crippen molar-refractivity contribution in [3.05, 3.63) is 59.2 Å². The number of amides is 3. The summed E-state index contributed by atoms with van der Waals surface area (Å²) in [4.78, 5) is 51.4. The third-order valence-electron chi connectivity index (χ3n) is 6.49. The molecule has 0 spiro atoms. The molecule has 1 aliphatic heterocycles. The number of imide groups is 1.